The average molecular weight is 548 g/mol. The SMILES string of the molecule is CCNC(=NCc1cccc(COC(C)(C)C)c1)NCCCOCC1CCOCC1.I. The number of aliphatic imine (C=N–C) groups is 1. The lowest BCUT2D eigenvalue weighted by Crippen LogP contribution is -2.38. The van der Waals surface area contributed by atoms with Crippen molar-refractivity contribution in [3.63, 3.8) is 0 Å². The molecule has 1 saturated heterocycles. The molecule has 7 heteroatoms. The van der Waals surface area contributed by atoms with Gasteiger partial charge in [-0.3, -0.25) is 0 Å². The second-order valence-electron chi connectivity index (χ2n) is 8.83. The summed E-state index contributed by atoms with van der Waals surface area (Å²) in [5, 5.41) is 6.72. The minimum absolute atomic E-state index is 0. The molecule has 0 atom stereocenters. The molecular weight excluding hydrogens is 505 g/mol. The first-order chi connectivity index (χ1) is 14.5. The minimum atomic E-state index is -0.134. The number of nitrogens with zero attached hydrogens (tertiary/aromatic N) is 1. The molecule has 2 N–H and O–H groups in total. The summed E-state index contributed by atoms with van der Waals surface area (Å²) in [7, 11) is 0. The highest BCUT2D eigenvalue weighted by Crippen LogP contribution is 2.15. The summed E-state index contributed by atoms with van der Waals surface area (Å²) in [6, 6.07) is 8.45. The number of hydrogen-bond acceptors (Lipinski definition) is 4. The molecule has 6 nitrogen and oxygen atoms in total. The van der Waals surface area contributed by atoms with Crippen molar-refractivity contribution in [2.24, 2.45) is 10.9 Å². The van der Waals surface area contributed by atoms with Gasteiger partial charge in [0, 0.05) is 39.5 Å². The highest BCUT2D eigenvalue weighted by Gasteiger charge is 2.13. The zero-order chi connectivity index (χ0) is 21.7. The van der Waals surface area contributed by atoms with Crippen molar-refractivity contribution in [3.05, 3.63) is 35.4 Å². The molecule has 1 aromatic carbocycles. The van der Waals surface area contributed by atoms with Crippen molar-refractivity contribution in [3.8, 4) is 0 Å². The Balaban J connectivity index is 0.00000480. The van der Waals surface area contributed by atoms with E-state index in [1.165, 1.54) is 11.1 Å². The van der Waals surface area contributed by atoms with E-state index in [0.717, 1.165) is 64.7 Å². The Kier molecular flexibility index (Phi) is 14.4. The Morgan fingerprint density at radius 1 is 1.16 bits per heavy atom. The molecule has 0 amide bonds. The molecule has 1 heterocycles. The number of rotatable bonds is 11. The van der Waals surface area contributed by atoms with Crippen LogP contribution in [0.2, 0.25) is 0 Å². The molecule has 0 unspecified atom stereocenters. The maximum atomic E-state index is 5.88. The van der Waals surface area contributed by atoms with Crippen molar-refractivity contribution in [2.75, 3.05) is 39.5 Å². The Hall–Kier alpha value is -0.900. The van der Waals surface area contributed by atoms with E-state index < -0.39 is 0 Å². The van der Waals surface area contributed by atoms with Crippen molar-refractivity contribution in [2.45, 2.75) is 65.7 Å². The molecule has 0 saturated carbocycles. The topological polar surface area (TPSA) is 64.1 Å². The van der Waals surface area contributed by atoms with Crippen LogP contribution in [0.15, 0.2) is 29.3 Å². The van der Waals surface area contributed by atoms with Crippen molar-refractivity contribution < 1.29 is 14.2 Å². The molecule has 1 aliphatic heterocycles. The predicted molar refractivity (Wildman–Crippen MR) is 138 cm³/mol. The van der Waals surface area contributed by atoms with Gasteiger partial charge in [0.25, 0.3) is 0 Å². The summed E-state index contributed by atoms with van der Waals surface area (Å²) in [5.41, 5.74) is 2.23. The lowest BCUT2D eigenvalue weighted by molar-refractivity contribution is -0.0149. The van der Waals surface area contributed by atoms with Crippen LogP contribution in [-0.4, -0.2) is 51.1 Å². The van der Waals surface area contributed by atoms with Gasteiger partial charge in [-0.25, -0.2) is 4.99 Å². The molecule has 0 aliphatic carbocycles. The maximum absolute atomic E-state index is 5.88. The van der Waals surface area contributed by atoms with Crippen LogP contribution in [0.3, 0.4) is 0 Å². The van der Waals surface area contributed by atoms with E-state index in [1.54, 1.807) is 0 Å². The van der Waals surface area contributed by atoms with Crippen LogP contribution in [-0.2, 0) is 27.4 Å². The fourth-order valence-corrected chi connectivity index (χ4v) is 3.17. The third-order valence-electron chi connectivity index (χ3n) is 4.88. The van der Waals surface area contributed by atoms with Crippen LogP contribution in [0.1, 0.15) is 58.1 Å². The Labute approximate surface area is 205 Å². The first-order valence-corrected chi connectivity index (χ1v) is 11.4. The quantitative estimate of drug-likeness (QED) is 0.185. The Morgan fingerprint density at radius 3 is 2.61 bits per heavy atom. The van der Waals surface area contributed by atoms with Crippen LogP contribution in [0, 0.1) is 5.92 Å². The van der Waals surface area contributed by atoms with Gasteiger partial charge in [0.15, 0.2) is 5.96 Å². The largest absolute Gasteiger partial charge is 0.381 e. The summed E-state index contributed by atoms with van der Waals surface area (Å²) >= 11 is 0. The molecule has 1 fully saturated rings. The summed E-state index contributed by atoms with van der Waals surface area (Å²) in [4.78, 5) is 4.72. The van der Waals surface area contributed by atoms with Crippen molar-refractivity contribution >= 4 is 29.9 Å². The Morgan fingerprint density at radius 2 is 1.90 bits per heavy atom. The monoisotopic (exact) mass is 547 g/mol. The van der Waals surface area contributed by atoms with Crippen molar-refractivity contribution in [1.82, 2.24) is 10.6 Å². The van der Waals surface area contributed by atoms with Gasteiger partial charge in [0.05, 0.1) is 18.8 Å². The normalized spacial score (nSPS) is 15.4. The smallest absolute Gasteiger partial charge is 0.191 e. The molecule has 0 bridgehead atoms. The van der Waals surface area contributed by atoms with E-state index in [4.69, 9.17) is 19.2 Å². The minimum Gasteiger partial charge on any atom is -0.381 e. The molecule has 31 heavy (non-hydrogen) atoms. The van der Waals surface area contributed by atoms with Crippen molar-refractivity contribution in [1.29, 1.82) is 0 Å². The van der Waals surface area contributed by atoms with E-state index >= 15 is 0 Å². The molecule has 2 rings (SSSR count). The fraction of sp³-hybridized carbons (Fsp3) is 0.708. The highest BCUT2D eigenvalue weighted by molar-refractivity contribution is 14.0. The lowest BCUT2D eigenvalue weighted by atomic mass is 10.0. The van der Waals surface area contributed by atoms with Gasteiger partial charge in [-0.1, -0.05) is 24.3 Å². The van der Waals surface area contributed by atoms with Crippen LogP contribution in [0.25, 0.3) is 0 Å². The van der Waals surface area contributed by atoms with Gasteiger partial charge in [-0.2, -0.15) is 0 Å². The van der Waals surface area contributed by atoms with E-state index in [9.17, 15) is 0 Å². The molecule has 1 aliphatic rings. The van der Waals surface area contributed by atoms with E-state index in [1.807, 2.05) is 0 Å². The third-order valence-corrected chi connectivity index (χ3v) is 4.88. The molecular formula is C24H42IN3O3. The average Bonchev–Trinajstić information content (AvgIpc) is 2.73. The number of guanidine groups is 1. The van der Waals surface area contributed by atoms with E-state index in [2.05, 4.69) is 62.6 Å². The van der Waals surface area contributed by atoms with Gasteiger partial charge in [0.2, 0.25) is 0 Å². The zero-order valence-electron chi connectivity index (χ0n) is 19.7. The first kappa shape index (κ1) is 28.1. The second-order valence-corrected chi connectivity index (χ2v) is 8.83. The van der Waals surface area contributed by atoms with Crippen LogP contribution in [0.5, 0.6) is 0 Å². The van der Waals surface area contributed by atoms with Gasteiger partial charge >= 0.3 is 0 Å². The zero-order valence-corrected chi connectivity index (χ0v) is 22.1. The fourth-order valence-electron chi connectivity index (χ4n) is 3.17. The molecule has 178 valence electrons. The maximum Gasteiger partial charge on any atom is 0.191 e. The number of ether oxygens (including phenoxy) is 3. The predicted octanol–water partition coefficient (Wildman–Crippen LogP) is 4.51. The Bertz CT molecular complexity index is 629. The number of nitrogens with one attached hydrogen (secondary N) is 2. The van der Waals surface area contributed by atoms with Gasteiger partial charge < -0.3 is 24.8 Å². The van der Waals surface area contributed by atoms with Crippen LogP contribution >= 0.6 is 24.0 Å². The van der Waals surface area contributed by atoms with Crippen LogP contribution < -0.4 is 10.6 Å². The summed E-state index contributed by atoms with van der Waals surface area (Å²) in [5.74, 6) is 1.51. The summed E-state index contributed by atoms with van der Waals surface area (Å²) in [6.07, 6.45) is 3.21. The van der Waals surface area contributed by atoms with Crippen LogP contribution in [0.4, 0.5) is 0 Å². The summed E-state index contributed by atoms with van der Waals surface area (Å²) in [6.45, 7) is 14.6. The molecule has 0 radical (unpaired) electrons. The van der Waals surface area contributed by atoms with Gasteiger partial charge in [0.1, 0.15) is 0 Å². The number of halogens is 1. The van der Waals surface area contributed by atoms with Gasteiger partial charge in [-0.05, 0) is 64.0 Å². The lowest BCUT2D eigenvalue weighted by Gasteiger charge is -2.21. The molecule has 0 spiro atoms. The van der Waals surface area contributed by atoms with E-state index in [-0.39, 0.29) is 29.6 Å². The van der Waals surface area contributed by atoms with E-state index in [0.29, 0.717) is 19.1 Å². The third kappa shape index (κ3) is 13.3. The highest BCUT2D eigenvalue weighted by atomic mass is 127. The standard InChI is InChI=1S/C24H41N3O3.HI/c1-5-25-23(26-12-7-13-29-18-20-10-14-28-15-11-20)27-17-21-8-6-9-22(16-21)19-30-24(2,3)4;/h6,8-9,16,20H,5,7,10-15,17-19H2,1-4H3,(H2,25,26,27);1H. The summed E-state index contributed by atoms with van der Waals surface area (Å²) < 4.78 is 17.1. The second kappa shape index (κ2) is 15.8. The molecule has 0 aromatic heterocycles. The molecule has 1 aromatic rings. The number of hydrogen-bond donors (Lipinski definition) is 2. The number of benzene rings is 1. The first-order valence-electron chi connectivity index (χ1n) is 11.4. The van der Waals surface area contributed by atoms with Gasteiger partial charge in [-0.15, -0.1) is 24.0 Å².